The molecule has 146 valence electrons. The van der Waals surface area contributed by atoms with E-state index >= 15 is 0 Å². The van der Waals surface area contributed by atoms with Gasteiger partial charge >= 0.3 is 5.97 Å². The molecule has 0 saturated heterocycles. The van der Waals surface area contributed by atoms with Gasteiger partial charge in [-0.05, 0) is 42.0 Å². The van der Waals surface area contributed by atoms with Gasteiger partial charge in [-0.25, -0.2) is 9.79 Å². The van der Waals surface area contributed by atoms with Crippen LogP contribution in [0.2, 0.25) is 0 Å². The molecule has 1 aliphatic heterocycles. The Kier molecular flexibility index (Phi) is 5.89. The Bertz CT molecular complexity index is 958. The van der Waals surface area contributed by atoms with Gasteiger partial charge in [-0.1, -0.05) is 15.9 Å². The van der Waals surface area contributed by atoms with E-state index in [0.717, 1.165) is 4.47 Å². The van der Waals surface area contributed by atoms with Crippen LogP contribution in [0.25, 0.3) is 6.08 Å². The first-order valence-corrected chi connectivity index (χ1v) is 8.96. The molecule has 1 heterocycles. The quantitative estimate of drug-likeness (QED) is 0.494. The summed E-state index contributed by atoms with van der Waals surface area (Å²) in [6.07, 6.45) is 1.59. The van der Waals surface area contributed by atoms with Crippen molar-refractivity contribution in [2.24, 2.45) is 4.99 Å². The summed E-state index contributed by atoms with van der Waals surface area (Å²) >= 11 is 3.40. The van der Waals surface area contributed by atoms with Gasteiger partial charge in [0, 0.05) is 4.47 Å². The molecular formula is C20H18BrNO6. The van der Waals surface area contributed by atoms with Crippen LogP contribution in [0.1, 0.15) is 11.1 Å². The van der Waals surface area contributed by atoms with Crippen molar-refractivity contribution in [2.45, 2.75) is 0 Å². The topological polar surface area (TPSA) is 75.6 Å². The van der Waals surface area contributed by atoms with Gasteiger partial charge in [-0.15, -0.1) is 0 Å². The highest BCUT2D eigenvalue weighted by Crippen LogP contribution is 2.39. The summed E-state index contributed by atoms with van der Waals surface area (Å²) < 4.78 is 27.5. The van der Waals surface area contributed by atoms with Crippen molar-refractivity contribution < 1.29 is 28.5 Å². The molecule has 28 heavy (non-hydrogen) atoms. The van der Waals surface area contributed by atoms with Gasteiger partial charge in [-0.2, -0.15) is 0 Å². The smallest absolute Gasteiger partial charge is 0.363 e. The van der Waals surface area contributed by atoms with Crippen molar-refractivity contribution in [3.05, 3.63) is 51.6 Å². The molecule has 3 rings (SSSR count). The zero-order valence-electron chi connectivity index (χ0n) is 15.7. The zero-order chi connectivity index (χ0) is 20.3. The molecule has 0 aromatic heterocycles. The summed E-state index contributed by atoms with van der Waals surface area (Å²) in [5, 5.41) is 0. The van der Waals surface area contributed by atoms with Crippen LogP contribution >= 0.6 is 15.9 Å². The molecule has 0 bridgehead atoms. The molecule has 0 amide bonds. The number of hydrogen-bond acceptors (Lipinski definition) is 7. The largest absolute Gasteiger partial charge is 0.496 e. The van der Waals surface area contributed by atoms with E-state index in [4.69, 9.17) is 23.7 Å². The van der Waals surface area contributed by atoms with Crippen molar-refractivity contribution >= 4 is 33.9 Å². The molecule has 0 aliphatic carbocycles. The summed E-state index contributed by atoms with van der Waals surface area (Å²) in [7, 11) is 6.10. The molecule has 2 aromatic carbocycles. The number of ether oxygens (including phenoxy) is 5. The third-order valence-corrected chi connectivity index (χ3v) is 4.50. The molecule has 0 unspecified atom stereocenters. The molecule has 0 atom stereocenters. The second kappa shape index (κ2) is 8.35. The molecule has 0 radical (unpaired) electrons. The third kappa shape index (κ3) is 3.82. The van der Waals surface area contributed by atoms with Crippen LogP contribution in [0.4, 0.5) is 0 Å². The molecule has 8 heteroatoms. The highest BCUT2D eigenvalue weighted by molar-refractivity contribution is 9.10. The SMILES string of the molecule is COc1ccc(Br)cc1C1=N/C(=C/c2cc(OC)c(OC)c(OC)c2)C(=O)O1. The Morgan fingerprint density at radius 3 is 2.14 bits per heavy atom. The number of carbonyl (C=O) groups excluding carboxylic acids is 1. The van der Waals surface area contributed by atoms with Crippen molar-refractivity contribution in [3.63, 3.8) is 0 Å². The maximum atomic E-state index is 12.3. The van der Waals surface area contributed by atoms with Crippen LogP contribution in [0.5, 0.6) is 23.0 Å². The van der Waals surface area contributed by atoms with Crippen LogP contribution in [0.3, 0.4) is 0 Å². The Morgan fingerprint density at radius 1 is 0.929 bits per heavy atom. The lowest BCUT2D eigenvalue weighted by Crippen LogP contribution is -2.07. The van der Waals surface area contributed by atoms with Gasteiger partial charge in [0.2, 0.25) is 11.6 Å². The van der Waals surface area contributed by atoms with Gasteiger partial charge in [0.15, 0.2) is 17.2 Å². The molecule has 7 nitrogen and oxygen atoms in total. The molecule has 0 fully saturated rings. The van der Waals surface area contributed by atoms with Gasteiger partial charge < -0.3 is 23.7 Å². The maximum absolute atomic E-state index is 12.3. The third-order valence-electron chi connectivity index (χ3n) is 4.00. The number of benzene rings is 2. The van der Waals surface area contributed by atoms with E-state index in [0.29, 0.717) is 34.1 Å². The first-order valence-electron chi connectivity index (χ1n) is 8.17. The second-order valence-electron chi connectivity index (χ2n) is 5.64. The van der Waals surface area contributed by atoms with Crippen molar-refractivity contribution in [3.8, 4) is 23.0 Å². The molecule has 2 aromatic rings. The Hall–Kier alpha value is -3.00. The fourth-order valence-corrected chi connectivity index (χ4v) is 3.08. The predicted octanol–water partition coefficient (Wildman–Crippen LogP) is 3.83. The number of aliphatic imine (C=N–C) groups is 1. The number of hydrogen-bond donors (Lipinski definition) is 0. The lowest BCUT2D eigenvalue weighted by atomic mass is 10.1. The fourth-order valence-electron chi connectivity index (χ4n) is 2.71. The molecule has 0 N–H and O–H groups in total. The Balaban J connectivity index is 2.04. The van der Waals surface area contributed by atoms with E-state index in [1.165, 1.54) is 28.4 Å². The van der Waals surface area contributed by atoms with E-state index in [-0.39, 0.29) is 11.6 Å². The minimum Gasteiger partial charge on any atom is -0.496 e. The molecule has 0 spiro atoms. The maximum Gasteiger partial charge on any atom is 0.363 e. The Labute approximate surface area is 170 Å². The molecular weight excluding hydrogens is 430 g/mol. The van der Waals surface area contributed by atoms with Crippen LogP contribution in [-0.2, 0) is 9.53 Å². The number of methoxy groups -OCH3 is 4. The Morgan fingerprint density at radius 2 is 1.57 bits per heavy atom. The summed E-state index contributed by atoms with van der Waals surface area (Å²) in [6, 6.07) is 8.79. The first-order chi connectivity index (χ1) is 13.5. The van der Waals surface area contributed by atoms with Gasteiger partial charge in [-0.3, -0.25) is 0 Å². The average Bonchev–Trinajstić information content (AvgIpc) is 3.07. The van der Waals surface area contributed by atoms with Crippen LogP contribution in [0, 0.1) is 0 Å². The standard InChI is InChI=1S/C20H18BrNO6/c1-24-15-6-5-12(21)10-13(15)19-22-14(20(23)28-19)7-11-8-16(25-2)18(27-4)17(9-11)26-3/h5-10H,1-4H3/b14-7+. The summed E-state index contributed by atoms with van der Waals surface area (Å²) in [4.78, 5) is 16.7. The van der Waals surface area contributed by atoms with Crippen LogP contribution < -0.4 is 18.9 Å². The van der Waals surface area contributed by atoms with Crippen molar-refractivity contribution in [2.75, 3.05) is 28.4 Å². The van der Waals surface area contributed by atoms with Crippen molar-refractivity contribution in [1.82, 2.24) is 0 Å². The van der Waals surface area contributed by atoms with Crippen LogP contribution in [-0.4, -0.2) is 40.3 Å². The molecule has 1 aliphatic rings. The number of nitrogens with zero attached hydrogens (tertiary/aromatic N) is 1. The van der Waals surface area contributed by atoms with E-state index in [1.807, 2.05) is 6.07 Å². The van der Waals surface area contributed by atoms with Gasteiger partial charge in [0.05, 0.1) is 34.0 Å². The first kappa shape index (κ1) is 19.8. The minimum atomic E-state index is -0.564. The monoisotopic (exact) mass is 447 g/mol. The molecule has 0 saturated carbocycles. The number of esters is 1. The van der Waals surface area contributed by atoms with E-state index < -0.39 is 5.97 Å². The number of cyclic esters (lactones) is 1. The fraction of sp³-hybridized carbons (Fsp3) is 0.200. The minimum absolute atomic E-state index is 0.145. The summed E-state index contributed by atoms with van der Waals surface area (Å²) in [5.74, 6) is 1.55. The highest BCUT2D eigenvalue weighted by Gasteiger charge is 2.27. The van der Waals surface area contributed by atoms with Crippen molar-refractivity contribution in [1.29, 1.82) is 0 Å². The highest BCUT2D eigenvalue weighted by atomic mass is 79.9. The van der Waals surface area contributed by atoms with E-state index in [2.05, 4.69) is 20.9 Å². The normalized spacial score (nSPS) is 14.5. The predicted molar refractivity (Wildman–Crippen MR) is 107 cm³/mol. The van der Waals surface area contributed by atoms with Gasteiger partial charge in [0.1, 0.15) is 5.75 Å². The van der Waals surface area contributed by atoms with Crippen LogP contribution in [0.15, 0.2) is 45.5 Å². The van der Waals surface area contributed by atoms with Gasteiger partial charge in [0.25, 0.3) is 0 Å². The van der Waals surface area contributed by atoms with E-state index in [9.17, 15) is 4.79 Å². The lowest BCUT2D eigenvalue weighted by molar-refractivity contribution is -0.129. The number of carbonyl (C=O) groups is 1. The zero-order valence-corrected chi connectivity index (χ0v) is 17.3. The summed E-state index contributed by atoms with van der Waals surface area (Å²) in [5.41, 5.74) is 1.36. The number of halogens is 1. The lowest BCUT2D eigenvalue weighted by Gasteiger charge is -2.12. The van der Waals surface area contributed by atoms with E-state index in [1.54, 1.807) is 30.3 Å². The second-order valence-corrected chi connectivity index (χ2v) is 6.56. The number of rotatable bonds is 6. The summed E-state index contributed by atoms with van der Waals surface area (Å²) in [6.45, 7) is 0. The average molecular weight is 448 g/mol.